The molecular weight excluding hydrogens is 194 g/mol. The summed E-state index contributed by atoms with van der Waals surface area (Å²) in [4.78, 5) is 11.1. The molecule has 0 amide bonds. The zero-order valence-electron chi connectivity index (χ0n) is 9.36. The quantitative estimate of drug-likeness (QED) is 0.381. The Hall–Kier alpha value is -1.05. The topological polar surface area (TPSA) is 61.6 Å². The highest BCUT2D eigenvalue weighted by molar-refractivity contribution is 5.75. The van der Waals surface area contributed by atoms with Gasteiger partial charge in [0.05, 0.1) is 6.61 Å². The normalized spacial score (nSPS) is 12.2. The SMILES string of the molecule is C#CCC(N)C(=O)OCCOCC(C)C. The fourth-order valence-corrected chi connectivity index (χ4v) is 0.838. The molecule has 1 unspecified atom stereocenters. The van der Waals surface area contributed by atoms with Crippen molar-refractivity contribution in [2.45, 2.75) is 26.3 Å². The number of terminal acetylenes is 1. The summed E-state index contributed by atoms with van der Waals surface area (Å²) in [6.45, 7) is 5.38. The van der Waals surface area contributed by atoms with Crippen LogP contribution in [0.3, 0.4) is 0 Å². The Labute approximate surface area is 91.1 Å². The number of ether oxygens (including phenoxy) is 2. The molecule has 4 nitrogen and oxygen atoms in total. The molecular formula is C11H19NO3. The van der Waals surface area contributed by atoms with Crippen LogP contribution in [0.15, 0.2) is 0 Å². The monoisotopic (exact) mass is 213 g/mol. The molecule has 0 bridgehead atoms. The fourth-order valence-electron chi connectivity index (χ4n) is 0.838. The predicted octanol–water partition coefficient (Wildman–Crippen LogP) is 0.553. The predicted molar refractivity (Wildman–Crippen MR) is 58.0 cm³/mol. The molecule has 0 saturated carbocycles. The molecule has 86 valence electrons. The maximum absolute atomic E-state index is 11.1. The standard InChI is InChI=1S/C11H19NO3/c1-4-5-10(12)11(13)15-7-6-14-8-9(2)3/h1,9-10H,5-8,12H2,2-3H3. The molecule has 1 atom stereocenters. The molecule has 0 aliphatic carbocycles. The Kier molecular flexibility index (Phi) is 7.69. The summed E-state index contributed by atoms with van der Waals surface area (Å²) in [5.74, 6) is 2.31. The van der Waals surface area contributed by atoms with Crippen molar-refractivity contribution < 1.29 is 14.3 Å². The minimum absolute atomic E-state index is 0.200. The van der Waals surface area contributed by atoms with Crippen molar-refractivity contribution in [3.63, 3.8) is 0 Å². The van der Waals surface area contributed by atoms with E-state index in [9.17, 15) is 4.79 Å². The molecule has 0 saturated heterocycles. The van der Waals surface area contributed by atoms with Gasteiger partial charge in [-0.05, 0) is 5.92 Å². The number of hydrogen-bond donors (Lipinski definition) is 1. The third kappa shape index (κ3) is 7.98. The lowest BCUT2D eigenvalue weighted by molar-refractivity contribution is -0.146. The first kappa shape index (κ1) is 13.9. The lowest BCUT2D eigenvalue weighted by Crippen LogP contribution is -2.32. The van der Waals surface area contributed by atoms with Gasteiger partial charge in [0, 0.05) is 13.0 Å². The lowest BCUT2D eigenvalue weighted by atomic mass is 10.2. The first-order valence-corrected chi connectivity index (χ1v) is 5.01. The number of rotatable bonds is 7. The van der Waals surface area contributed by atoms with Crippen molar-refractivity contribution in [3.8, 4) is 12.3 Å². The lowest BCUT2D eigenvalue weighted by Gasteiger charge is -2.10. The van der Waals surface area contributed by atoms with E-state index in [1.807, 2.05) is 0 Å². The Balaban J connectivity index is 3.43. The van der Waals surface area contributed by atoms with E-state index in [0.29, 0.717) is 19.1 Å². The number of hydrogen-bond acceptors (Lipinski definition) is 4. The van der Waals surface area contributed by atoms with E-state index in [1.165, 1.54) is 0 Å². The Morgan fingerprint density at radius 1 is 1.47 bits per heavy atom. The van der Waals surface area contributed by atoms with Crippen molar-refractivity contribution in [2.75, 3.05) is 19.8 Å². The molecule has 0 rings (SSSR count). The highest BCUT2D eigenvalue weighted by Gasteiger charge is 2.12. The van der Waals surface area contributed by atoms with Crippen LogP contribution < -0.4 is 5.73 Å². The highest BCUT2D eigenvalue weighted by atomic mass is 16.6. The number of carbonyl (C=O) groups excluding carboxylic acids is 1. The average molecular weight is 213 g/mol. The van der Waals surface area contributed by atoms with Crippen molar-refractivity contribution in [1.82, 2.24) is 0 Å². The number of nitrogens with two attached hydrogens (primary N) is 1. The first-order chi connectivity index (χ1) is 7.07. The smallest absolute Gasteiger partial charge is 0.323 e. The van der Waals surface area contributed by atoms with Crippen molar-refractivity contribution in [1.29, 1.82) is 0 Å². The molecule has 2 N–H and O–H groups in total. The van der Waals surface area contributed by atoms with Crippen LogP contribution in [0.25, 0.3) is 0 Å². The second-order valence-corrected chi connectivity index (χ2v) is 3.65. The third-order valence-corrected chi connectivity index (χ3v) is 1.56. The van der Waals surface area contributed by atoms with E-state index in [4.69, 9.17) is 21.6 Å². The second-order valence-electron chi connectivity index (χ2n) is 3.65. The summed E-state index contributed by atoms with van der Waals surface area (Å²) in [6, 6.07) is -0.722. The molecule has 0 spiro atoms. The van der Waals surface area contributed by atoms with Crippen LogP contribution in [-0.4, -0.2) is 31.8 Å². The minimum atomic E-state index is -0.722. The molecule has 0 aromatic heterocycles. The van der Waals surface area contributed by atoms with Gasteiger partial charge in [0.1, 0.15) is 12.6 Å². The van der Waals surface area contributed by atoms with Gasteiger partial charge < -0.3 is 15.2 Å². The molecule has 4 heteroatoms. The Bertz CT molecular complexity index is 220. The van der Waals surface area contributed by atoms with Crippen molar-refractivity contribution >= 4 is 5.97 Å². The van der Waals surface area contributed by atoms with E-state index in [0.717, 1.165) is 0 Å². The first-order valence-electron chi connectivity index (χ1n) is 5.01. The highest BCUT2D eigenvalue weighted by Crippen LogP contribution is 1.94. The van der Waals surface area contributed by atoms with E-state index in [2.05, 4.69) is 19.8 Å². The van der Waals surface area contributed by atoms with Crippen LogP contribution in [0, 0.1) is 18.3 Å². The Morgan fingerprint density at radius 3 is 2.67 bits per heavy atom. The van der Waals surface area contributed by atoms with Gasteiger partial charge in [-0.25, -0.2) is 0 Å². The zero-order valence-corrected chi connectivity index (χ0v) is 9.36. The van der Waals surface area contributed by atoms with Gasteiger partial charge in [0.15, 0.2) is 0 Å². The maximum atomic E-state index is 11.1. The minimum Gasteiger partial charge on any atom is -0.462 e. The molecule has 0 aromatic rings. The van der Waals surface area contributed by atoms with Gasteiger partial charge >= 0.3 is 5.97 Å². The molecule has 0 heterocycles. The van der Waals surface area contributed by atoms with Crippen LogP contribution in [0.2, 0.25) is 0 Å². The Morgan fingerprint density at radius 2 is 2.13 bits per heavy atom. The van der Waals surface area contributed by atoms with Gasteiger partial charge in [-0.1, -0.05) is 13.8 Å². The molecule has 15 heavy (non-hydrogen) atoms. The molecule has 0 aromatic carbocycles. The zero-order chi connectivity index (χ0) is 11.7. The number of carbonyl (C=O) groups is 1. The maximum Gasteiger partial charge on any atom is 0.323 e. The summed E-state index contributed by atoms with van der Waals surface area (Å²) < 4.78 is 10.1. The molecule has 0 aliphatic heterocycles. The largest absolute Gasteiger partial charge is 0.462 e. The molecule has 0 aliphatic rings. The van der Waals surface area contributed by atoms with E-state index >= 15 is 0 Å². The van der Waals surface area contributed by atoms with Crippen molar-refractivity contribution in [2.24, 2.45) is 11.7 Å². The summed E-state index contributed by atoms with van der Waals surface area (Å²) in [5.41, 5.74) is 5.43. The van der Waals surface area contributed by atoms with Crippen LogP contribution >= 0.6 is 0 Å². The average Bonchev–Trinajstić information content (AvgIpc) is 2.16. The summed E-state index contributed by atoms with van der Waals surface area (Å²) >= 11 is 0. The van der Waals surface area contributed by atoms with Crippen LogP contribution in [0.5, 0.6) is 0 Å². The summed E-state index contributed by atoms with van der Waals surface area (Å²) in [5, 5.41) is 0. The van der Waals surface area contributed by atoms with E-state index in [1.54, 1.807) is 0 Å². The van der Waals surface area contributed by atoms with Gasteiger partial charge in [0.2, 0.25) is 0 Å². The van der Waals surface area contributed by atoms with Gasteiger partial charge in [-0.2, -0.15) is 0 Å². The van der Waals surface area contributed by atoms with E-state index < -0.39 is 12.0 Å². The van der Waals surface area contributed by atoms with E-state index in [-0.39, 0.29) is 13.0 Å². The summed E-state index contributed by atoms with van der Waals surface area (Å²) in [6.07, 6.45) is 5.21. The van der Waals surface area contributed by atoms with Crippen molar-refractivity contribution in [3.05, 3.63) is 0 Å². The van der Waals surface area contributed by atoms with Gasteiger partial charge in [-0.15, -0.1) is 12.3 Å². The van der Waals surface area contributed by atoms with Gasteiger partial charge in [0.25, 0.3) is 0 Å². The molecule has 0 radical (unpaired) electrons. The van der Waals surface area contributed by atoms with Crippen LogP contribution in [0.4, 0.5) is 0 Å². The fraction of sp³-hybridized carbons (Fsp3) is 0.727. The molecule has 0 fully saturated rings. The van der Waals surface area contributed by atoms with Crippen LogP contribution in [-0.2, 0) is 14.3 Å². The third-order valence-electron chi connectivity index (χ3n) is 1.56. The second kappa shape index (κ2) is 8.27. The van der Waals surface area contributed by atoms with Gasteiger partial charge in [-0.3, -0.25) is 4.79 Å². The summed E-state index contributed by atoms with van der Waals surface area (Å²) in [7, 11) is 0. The number of esters is 1. The van der Waals surface area contributed by atoms with Crippen LogP contribution in [0.1, 0.15) is 20.3 Å².